The molecule has 0 bridgehead atoms. The van der Waals surface area contributed by atoms with Crippen molar-refractivity contribution < 1.29 is 24.3 Å². The first kappa shape index (κ1) is 14.2. The second-order valence-electron chi connectivity index (χ2n) is 2.74. The van der Waals surface area contributed by atoms with E-state index in [1.807, 2.05) is 0 Å². The summed E-state index contributed by atoms with van der Waals surface area (Å²) in [5.74, 6) is -1.27. The molecule has 0 unspecified atom stereocenters. The van der Waals surface area contributed by atoms with Gasteiger partial charge in [0.2, 0.25) is 0 Å². The lowest BCUT2D eigenvalue weighted by atomic mass is 10.5. The molecular weight excluding hydrogens is 256 g/mol. The number of halogens is 2. The van der Waals surface area contributed by atoms with Gasteiger partial charge in [-0.25, -0.2) is 4.90 Å². The Labute approximate surface area is 90.6 Å². The summed E-state index contributed by atoms with van der Waals surface area (Å²) in [6, 6.07) is 0. The van der Waals surface area contributed by atoms with Crippen LogP contribution in [0.15, 0.2) is 0 Å². The Balaban J connectivity index is 4.58. The van der Waals surface area contributed by atoms with Gasteiger partial charge in [-0.05, 0) is 6.92 Å². The quantitative estimate of drug-likeness (QED) is 0.384. The number of aliphatic carboxylic acids is 1. The first-order valence-electron chi connectivity index (χ1n) is 3.41. The number of nitrogens with zero attached hydrogens (tertiary/aromatic N) is 1. The highest BCUT2D eigenvalue weighted by Gasteiger charge is 2.33. The van der Waals surface area contributed by atoms with Crippen molar-refractivity contribution in [2.45, 2.75) is 11.4 Å². The maximum atomic E-state index is 10.6. The Morgan fingerprint density at radius 1 is 1.50 bits per heavy atom. The van der Waals surface area contributed by atoms with Crippen molar-refractivity contribution in [1.29, 1.82) is 0 Å². The molecule has 0 aliphatic heterocycles. The summed E-state index contributed by atoms with van der Waals surface area (Å²) in [4.78, 5) is 28.3. The van der Waals surface area contributed by atoms with E-state index in [0.717, 1.165) is 4.90 Å². The zero-order valence-electron chi connectivity index (χ0n) is 7.22. The second kappa shape index (κ2) is 4.79. The highest BCUT2D eigenvalue weighted by Crippen LogP contribution is 2.39. The Kier molecular flexibility index (Phi) is 4.84. The van der Waals surface area contributed by atoms with Crippen LogP contribution in [0.4, 0.5) is 0 Å². The van der Waals surface area contributed by atoms with E-state index in [1.54, 1.807) is 0 Å². The average molecular weight is 266 g/mol. The Morgan fingerprint density at radius 2 is 1.93 bits per heavy atom. The zero-order chi connectivity index (χ0) is 11.6. The van der Waals surface area contributed by atoms with Crippen LogP contribution < -0.4 is 0 Å². The minimum Gasteiger partial charge on any atom is -0.480 e. The molecular formula is C5H10Cl2NO5P. The van der Waals surface area contributed by atoms with Gasteiger partial charge in [0.15, 0.2) is 4.46 Å². The minimum absolute atomic E-state index is 0.644. The van der Waals surface area contributed by atoms with Gasteiger partial charge in [0.05, 0.1) is 6.54 Å². The fourth-order valence-electron chi connectivity index (χ4n) is 0.699. The summed E-state index contributed by atoms with van der Waals surface area (Å²) in [5, 5.41) is 8.43. The normalized spacial score (nSPS) is 13.3. The molecule has 14 heavy (non-hydrogen) atoms. The molecule has 0 saturated heterocycles. The molecule has 0 spiro atoms. The van der Waals surface area contributed by atoms with Crippen LogP contribution in [0, 0.1) is 0 Å². The van der Waals surface area contributed by atoms with Gasteiger partial charge in [0, 0.05) is 0 Å². The number of hydrogen-bond acceptors (Lipinski definition) is 3. The van der Waals surface area contributed by atoms with Crippen LogP contribution in [-0.2, 0) is 9.36 Å². The van der Waals surface area contributed by atoms with Gasteiger partial charge in [-0.3, -0.25) is 9.36 Å². The number of carbonyl (C=O) groups is 1. The fourth-order valence-corrected chi connectivity index (χ4v) is 1.93. The highest BCUT2D eigenvalue weighted by atomic mass is 35.5. The molecule has 3 N–H and O–H groups in total. The van der Waals surface area contributed by atoms with E-state index in [-0.39, 0.29) is 0 Å². The van der Waals surface area contributed by atoms with Crippen LogP contribution in [0.2, 0.25) is 0 Å². The predicted molar refractivity (Wildman–Crippen MR) is 51.4 cm³/mol. The average Bonchev–Trinajstić information content (AvgIpc) is 1.78. The summed E-state index contributed by atoms with van der Waals surface area (Å²) >= 11 is 11.1. The summed E-state index contributed by atoms with van der Waals surface area (Å²) in [6.45, 7) is 0.587. The van der Waals surface area contributed by atoms with Gasteiger partial charge in [0.25, 0.3) is 0 Å². The van der Waals surface area contributed by atoms with E-state index in [4.69, 9.17) is 38.1 Å². The third kappa shape index (κ3) is 6.59. The third-order valence-electron chi connectivity index (χ3n) is 1.24. The van der Waals surface area contributed by atoms with E-state index in [0.29, 0.717) is 0 Å². The second-order valence-corrected chi connectivity index (χ2v) is 6.02. The molecule has 6 nitrogen and oxygen atoms in total. The van der Waals surface area contributed by atoms with Crippen molar-refractivity contribution in [3.05, 3.63) is 0 Å². The first-order valence-corrected chi connectivity index (χ1v) is 5.97. The fraction of sp³-hybridized carbons (Fsp3) is 0.800. The number of alkyl halides is 2. The lowest BCUT2D eigenvalue weighted by Crippen LogP contribution is -2.41. The van der Waals surface area contributed by atoms with Crippen molar-refractivity contribution in [3.63, 3.8) is 0 Å². The van der Waals surface area contributed by atoms with Crippen LogP contribution in [-0.4, -0.2) is 43.1 Å². The SMILES string of the molecule is CC(Cl)(Cl)N(CC(=O)O)CP(=O)(O)O. The summed E-state index contributed by atoms with van der Waals surface area (Å²) in [5.41, 5.74) is 0. The molecule has 0 heterocycles. The van der Waals surface area contributed by atoms with E-state index in [9.17, 15) is 9.36 Å². The molecule has 0 atom stereocenters. The van der Waals surface area contributed by atoms with E-state index in [2.05, 4.69) is 0 Å². The molecule has 84 valence electrons. The van der Waals surface area contributed by atoms with Crippen molar-refractivity contribution in [1.82, 2.24) is 4.90 Å². The van der Waals surface area contributed by atoms with Crippen molar-refractivity contribution >= 4 is 36.8 Å². The van der Waals surface area contributed by atoms with Gasteiger partial charge in [-0.15, -0.1) is 0 Å². The molecule has 0 aromatic rings. The van der Waals surface area contributed by atoms with Crippen molar-refractivity contribution in [2.24, 2.45) is 0 Å². The Hall–Kier alpha value is 0.160. The third-order valence-corrected chi connectivity index (χ3v) is 2.42. The maximum Gasteiger partial charge on any atom is 0.339 e. The molecule has 0 amide bonds. The lowest BCUT2D eigenvalue weighted by Gasteiger charge is -2.29. The number of carboxylic acids is 1. The standard InChI is InChI=1S/C5H10Cl2NO5P/c1-5(6,7)8(2-4(9)10)3-14(11,12)13/h2-3H2,1H3,(H,9,10)(H2,11,12,13). The van der Waals surface area contributed by atoms with Gasteiger partial charge >= 0.3 is 13.6 Å². The van der Waals surface area contributed by atoms with Crippen LogP contribution >= 0.6 is 30.8 Å². The van der Waals surface area contributed by atoms with E-state index < -0.39 is 30.9 Å². The molecule has 0 aliphatic carbocycles. The predicted octanol–water partition coefficient (Wildman–Crippen LogP) is 0.659. The van der Waals surface area contributed by atoms with Crippen LogP contribution in [0.3, 0.4) is 0 Å². The lowest BCUT2D eigenvalue weighted by molar-refractivity contribution is -0.138. The molecule has 0 saturated carbocycles. The van der Waals surface area contributed by atoms with Crippen LogP contribution in [0.5, 0.6) is 0 Å². The van der Waals surface area contributed by atoms with E-state index >= 15 is 0 Å². The zero-order valence-corrected chi connectivity index (χ0v) is 9.63. The summed E-state index contributed by atoms with van der Waals surface area (Å²) < 4.78 is 8.97. The molecule has 0 aliphatic rings. The van der Waals surface area contributed by atoms with E-state index in [1.165, 1.54) is 6.92 Å². The number of rotatable bonds is 5. The van der Waals surface area contributed by atoms with Gasteiger partial charge in [-0.1, -0.05) is 23.2 Å². The minimum atomic E-state index is -4.38. The Bertz CT molecular complexity index is 259. The topological polar surface area (TPSA) is 98.1 Å². The summed E-state index contributed by atoms with van der Waals surface area (Å²) in [7, 11) is -4.38. The Morgan fingerprint density at radius 3 is 2.14 bits per heavy atom. The van der Waals surface area contributed by atoms with Crippen molar-refractivity contribution in [2.75, 3.05) is 12.8 Å². The van der Waals surface area contributed by atoms with Crippen molar-refractivity contribution in [3.8, 4) is 0 Å². The molecule has 0 rings (SSSR count). The smallest absolute Gasteiger partial charge is 0.339 e. The largest absolute Gasteiger partial charge is 0.480 e. The van der Waals surface area contributed by atoms with Crippen LogP contribution in [0.25, 0.3) is 0 Å². The molecule has 0 fully saturated rings. The molecule has 0 radical (unpaired) electrons. The number of hydrogen-bond donors (Lipinski definition) is 3. The van der Waals surface area contributed by atoms with Gasteiger partial charge in [-0.2, -0.15) is 0 Å². The first-order chi connectivity index (χ1) is 6.02. The highest BCUT2D eigenvalue weighted by molar-refractivity contribution is 7.51. The van der Waals surface area contributed by atoms with Gasteiger partial charge in [0.1, 0.15) is 6.29 Å². The van der Waals surface area contributed by atoms with Gasteiger partial charge < -0.3 is 14.9 Å². The summed E-state index contributed by atoms with van der Waals surface area (Å²) in [6.07, 6.45) is -0.803. The van der Waals surface area contributed by atoms with Crippen LogP contribution in [0.1, 0.15) is 6.92 Å². The molecule has 9 heteroatoms. The monoisotopic (exact) mass is 265 g/mol. The maximum absolute atomic E-state index is 10.6. The number of carboxylic acid groups (broad SMARTS) is 1. The molecule has 0 aromatic heterocycles. The molecule has 0 aromatic carbocycles.